The predicted molar refractivity (Wildman–Crippen MR) is 123 cm³/mol. The molecule has 8 heteroatoms. The average molecular weight is 447 g/mol. The van der Waals surface area contributed by atoms with Crippen LogP contribution in [0.25, 0.3) is 0 Å². The van der Waals surface area contributed by atoms with E-state index in [9.17, 15) is 4.79 Å². The number of carbonyl (C=O) groups excluding carboxylic acids is 1. The van der Waals surface area contributed by atoms with Gasteiger partial charge in [-0.1, -0.05) is 18.2 Å². The number of aryl methyl sites for hydroxylation is 1. The monoisotopic (exact) mass is 446 g/mol. The fourth-order valence-electron chi connectivity index (χ4n) is 3.61. The lowest BCUT2D eigenvalue weighted by atomic mass is 9.91. The van der Waals surface area contributed by atoms with Crippen molar-refractivity contribution in [2.24, 2.45) is 7.05 Å². The second-order valence-electron chi connectivity index (χ2n) is 8.92. The van der Waals surface area contributed by atoms with Crippen LogP contribution < -0.4 is 10.1 Å². The van der Waals surface area contributed by atoms with E-state index in [2.05, 4.69) is 14.6 Å². The topological polar surface area (TPSA) is 68.6 Å². The van der Waals surface area contributed by atoms with E-state index in [4.69, 9.17) is 9.47 Å². The fourth-order valence-corrected chi connectivity index (χ4v) is 4.69. The average Bonchev–Trinajstić information content (AvgIpc) is 3.12. The van der Waals surface area contributed by atoms with Crippen LogP contribution in [-0.2, 0) is 11.8 Å². The molecule has 1 fully saturated rings. The van der Waals surface area contributed by atoms with Gasteiger partial charge in [0.25, 0.3) is 0 Å². The molecule has 31 heavy (non-hydrogen) atoms. The Kier molecular flexibility index (Phi) is 8.26. The fraction of sp³-hybridized carbons (Fsp3) is 0.565. The van der Waals surface area contributed by atoms with Gasteiger partial charge in [0.1, 0.15) is 23.0 Å². The van der Waals surface area contributed by atoms with Crippen LogP contribution in [0.1, 0.15) is 46.5 Å². The summed E-state index contributed by atoms with van der Waals surface area (Å²) in [4.78, 5) is 16.6. The second-order valence-corrected chi connectivity index (χ2v) is 9.99. The van der Waals surface area contributed by atoms with Gasteiger partial charge in [0.05, 0.1) is 6.33 Å². The standard InChI is InChI=1S/C23H34N4O3S/c1-23(2,3)30-22(28)25-18-10-12-19(13-11-18)27(31-21-16-26(4)17-24-21)14-15-29-20-8-6-5-7-9-20/h5-9,16-19H,10-15H2,1-4H3,(H,25,28). The Bertz CT molecular complexity index is 814. The van der Waals surface area contributed by atoms with Crippen molar-refractivity contribution in [3.8, 4) is 5.75 Å². The quantitative estimate of drug-likeness (QED) is 0.596. The molecule has 1 saturated carbocycles. The zero-order chi connectivity index (χ0) is 22.3. The largest absolute Gasteiger partial charge is 0.492 e. The minimum absolute atomic E-state index is 0.161. The highest BCUT2D eigenvalue weighted by Gasteiger charge is 2.29. The molecule has 2 aromatic rings. The summed E-state index contributed by atoms with van der Waals surface area (Å²) in [6.07, 6.45) is 7.41. The maximum atomic E-state index is 12.1. The molecular formula is C23H34N4O3S. The minimum atomic E-state index is -0.476. The summed E-state index contributed by atoms with van der Waals surface area (Å²) in [5.41, 5.74) is -0.476. The molecule has 0 saturated heterocycles. The Morgan fingerprint density at radius 3 is 2.55 bits per heavy atom. The number of benzene rings is 1. The third kappa shape index (κ3) is 8.10. The van der Waals surface area contributed by atoms with Crippen molar-refractivity contribution in [1.29, 1.82) is 0 Å². The summed E-state index contributed by atoms with van der Waals surface area (Å²) < 4.78 is 15.7. The minimum Gasteiger partial charge on any atom is -0.492 e. The first kappa shape index (κ1) is 23.5. The molecule has 1 N–H and O–H groups in total. The molecule has 0 atom stereocenters. The molecule has 3 rings (SSSR count). The number of hydrogen-bond acceptors (Lipinski definition) is 6. The van der Waals surface area contributed by atoms with E-state index in [1.807, 2.05) is 75.2 Å². The normalized spacial score (nSPS) is 19.3. The molecule has 1 aromatic heterocycles. The molecule has 0 radical (unpaired) electrons. The van der Waals surface area contributed by atoms with Crippen molar-refractivity contribution in [1.82, 2.24) is 19.2 Å². The smallest absolute Gasteiger partial charge is 0.407 e. The van der Waals surface area contributed by atoms with Crippen LogP contribution in [0, 0.1) is 0 Å². The summed E-state index contributed by atoms with van der Waals surface area (Å²) >= 11 is 1.68. The summed E-state index contributed by atoms with van der Waals surface area (Å²) in [5, 5.41) is 4.01. The number of hydrogen-bond donors (Lipinski definition) is 1. The van der Waals surface area contributed by atoms with Gasteiger partial charge < -0.3 is 19.4 Å². The van der Waals surface area contributed by atoms with Gasteiger partial charge in [0.2, 0.25) is 0 Å². The lowest BCUT2D eigenvalue weighted by Crippen LogP contribution is -2.44. The maximum Gasteiger partial charge on any atom is 0.407 e. The Hall–Kier alpha value is -2.19. The van der Waals surface area contributed by atoms with Crippen molar-refractivity contribution < 1.29 is 14.3 Å². The number of imidazole rings is 1. The van der Waals surface area contributed by atoms with E-state index in [1.54, 1.807) is 11.9 Å². The van der Waals surface area contributed by atoms with E-state index < -0.39 is 5.60 Å². The molecule has 1 aliphatic rings. The van der Waals surface area contributed by atoms with E-state index >= 15 is 0 Å². The number of rotatable bonds is 8. The molecule has 0 unspecified atom stereocenters. The highest BCUT2D eigenvalue weighted by atomic mass is 32.2. The molecule has 1 aliphatic carbocycles. The Morgan fingerprint density at radius 1 is 1.23 bits per heavy atom. The first-order valence-electron chi connectivity index (χ1n) is 10.9. The number of para-hydroxylation sites is 1. The van der Waals surface area contributed by atoms with Crippen LogP contribution in [0.15, 0.2) is 47.9 Å². The third-order valence-corrected chi connectivity index (χ3v) is 6.15. The summed E-state index contributed by atoms with van der Waals surface area (Å²) in [5.74, 6) is 0.885. The van der Waals surface area contributed by atoms with Crippen LogP contribution in [0.5, 0.6) is 5.75 Å². The van der Waals surface area contributed by atoms with Gasteiger partial charge in [0, 0.05) is 31.9 Å². The summed E-state index contributed by atoms with van der Waals surface area (Å²) in [7, 11) is 1.98. The van der Waals surface area contributed by atoms with Crippen LogP contribution >= 0.6 is 11.9 Å². The molecule has 1 heterocycles. The van der Waals surface area contributed by atoms with Gasteiger partial charge in [-0.3, -0.25) is 0 Å². The Balaban J connectivity index is 1.53. The first-order chi connectivity index (χ1) is 14.8. The van der Waals surface area contributed by atoms with Crippen molar-refractivity contribution >= 4 is 18.0 Å². The number of ether oxygens (including phenoxy) is 2. The van der Waals surface area contributed by atoms with Crippen molar-refractivity contribution in [3.05, 3.63) is 42.9 Å². The molecule has 0 spiro atoms. The number of aromatic nitrogens is 2. The van der Waals surface area contributed by atoms with Crippen LogP contribution in [0.2, 0.25) is 0 Å². The molecule has 0 bridgehead atoms. The lowest BCUT2D eigenvalue weighted by Gasteiger charge is -2.36. The predicted octanol–water partition coefficient (Wildman–Crippen LogP) is 4.64. The van der Waals surface area contributed by atoms with Crippen LogP contribution in [-0.4, -0.2) is 50.8 Å². The molecule has 1 aromatic carbocycles. The second kappa shape index (κ2) is 10.9. The van der Waals surface area contributed by atoms with Gasteiger partial charge in [-0.15, -0.1) is 0 Å². The summed E-state index contributed by atoms with van der Waals surface area (Å²) in [6.45, 7) is 7.06. The van der Waals surface area contributed by atoms with E-state index in [-0.39, 0.29) is 12.1 Å². The molecule has 7 nitrogen and oxygen atoms in total. The number of nitrogens with zero attached hydrogens (tertiary/aromatic N) is 3. The highest BCUT2D eigenvalue weighted by Crippen LogP contribution is 2.31. The molecular weight excluding hydrogens is 412 g/mol. The van der Waals surface area contributed by atoms with Gasteiger partial charge in [-0.25, -0.2) is 14.1 Å². The van der Waals surface area contributed by atoms with E-state index in [1.165, 1.54) is 0 Å². The number of amides is 1. The van der Waals surface area contributed by atoms with Gasteiger partial charge in [-0.05, 0) is 70.5 Å². The SMILES string of the molecule is Cn1cnc(SN(CCOc2ccccc2)C2CCC(NC(=O)OC(C)(C)C)CC2)c1. The van der Waals surface area contributed by atoms with Crippen molar-refractivity contribution in [2.45, 2.75) is 69.2 Å². The zero-order valence-corrected chi connectivity index (χ0v) is 19.7. The highest BCUT2D eigenvalue weighted by molar-refractivity contribution is 7.97. The molecule has 1 amide bonds. The number of nitrogens with one attached hydrogen (secondary N) is 1. The maximum absolute atomic E-state index is 12.1. The van der Waals surface area contributed by atoms with E-state index in [0.29, 0.717) is 12.6 Å². The number of alkyl carbamates (subject to hydrolysis) is 1. The van der Waals surface area contributed by atoms with Gasteiger partial charge in [0.15, 0.2) is 0 Å². The van der Waals surface area contributed by atoms with E-state index in [0.717, 1.165) is 43.0 Å². The summed E-state index contributed by atoms with van der Waals surface area (Å²) in [6, 6.07) is 10.5. The molecule has 170 valence electrons. The Morgan fingerprint density at radius 2 is 1.94 bits per heavy atom. The van der Waals surface area contributed by atoms with Gasteiger partial charge in [-0.2, -0.15) is 0 Å². The van der Waals surface area contributed by atoms with Crippen molar-refractivity contribution in [2.75, 3.05) is 13.2 Å². The van der Waals surface area contributed by atoms with Gasteiger partial charge >= 0.3 is 6.09 Å². The zero-order valence-electron chi connectivity index (χ0n) is 18.9. The van der Waals surface area contributed by atoms with Crippen LogP contribution in [0.3, 0.4) is 0 Å². The lowest BCUT2D eigenvalue weighted by molar-refractivity contribution is 0.0485. The Labute approximate surface area is 189 Å². The third-order valence-electron chi connectivity index (χ3n) is 5.04. The number of carbonyl (C=O) groups is 1. The van der Waals surface area contributed by atoms with Crippen molar-refractivity contribution in [3.63, 3.8) is 0 Å². The first-order valence-corrected chi connectivity index (χ1v) is 11.7. The molecule has 0 aliphatic heterocycles. The van der Waals surface area contributed by atoms with Crippen LogP contribution in [0.4, 0.5) is 4.79 Å².